The van der Waals surface area contributed by atoms with Crippen molar-refractivity contribution in [1.29, 1.82) is 5.26 Å². The van der Waals surface area contributed by atoms with Gasteiger partial charge in [-0.1, -0.05) is 0 Å². The number of nitrogens with zero attached hydrogens (tertiary/aromatic N) is 4. The molecular weight excluding hydrogens is 234 g/mol. The van der Waals surface area contributed by atoms with Gasteiger partial charge in [0, 0.05) is 14.1 Å². The van der Waals surface area contributed by atoms with Crippen molar-refractivity contribution in [2.45, 2.75) is 0 Å². The Balaban J connectivity index is 3.51. The van der Waals surface area contributed by atoms with Gasteiger partial charge in [0.15, 0.2) is 11.4 Å². The van der Waals surface area contributed by atoms with E-state index in [9.17, 15) is 13.2 Å². The van der Waals surface area contributed by atoms with Crippen LogP contribution in [0.4, 0.5) is 0 Å². The smallest absolute Gasteiger partial charge is 0.309 e. The van der Waals surface area contributed by atoms with Gasteiger partial charge in [0.05, 0.1) is 0 Å². The summed E-state index contributed by atoms with van der Waals surface area (Å²) in [6, 6.07) is 1.58. The molecule has 0 saturated heterocycles. The molecule has 0 atom stereocenters. The predicted octanol–water partition coefficient (Wildman–Crippen LogP) is -1.49. The maximum atomic E-state index is 11.7. The SMILES string of the molecule is CN(C)S(=O)(=O)n1cnc(C(N)=O)c1C#N. The van der Waals surface area contributed by atoms with Gasteiger partial charge in [0.2, 0.25) is 0 Å². The van der Waals surface area contributed by atoms with Crippen molar-refractivity contribution in [3.63, 3.8) is 0 Å². The molecular formula is C7H9N5O3S. The standard InChI is InChI=1S/C7H9N5O3S/c1-11(2)16(14,15)12-4-10-6(7(9)13)5(12)3-8/h4H,1-2H3,(H2,9,13). The summed E-state index contributed by atoms with van der Waals surface area (Å²) < 4.78 is 24.9. The molecule has 9 heteroatoms. The molecule has 86 valence electrons. The first-order chi connectivity index (χ1) is 7.32. The normalized spacial score (nSPS) is 11.4. The fraction of sp³-hybridized carbons (Fsp3) is 0.286. The van der Waals surface area contributed by atoms with Crippen LogP contribution >= 0.6 is 0 Å². The van der Waals surface area contributed by atoms with E-state index in [2.05, 4.69) is 4.98 Å². The van der Waals surface area contributed by atoms with Gasteiger partial charge >= 0.3 is 10.2 Å². The number of hydrogen-bond donors (Lipinski definition) is 1. The molecule has 0 fully saturated rings. The van der Waals surface area contributed by atoms with Crippen molar-refractivity contribution >= 4 is 16.1 Å². The number of carbonyl (C=O) groups excluding carboxylic acids is 1. The molecule has 1 aromatic heterocycles. The van der Waals surface area contributed by atoms with Crippen LogP contribution < -0.4 is 5.73 Å². The first kappa shape index (κ1) is 12.2. The van der Waals surface area contributed by atoms with E-state index in [0.29, 0.717) is 3.97 Å². The van der Waals surface area contributed by atoms with E-state index in [1.807, 2.05) is 0 Å². The van der Waals surface area contributed by atoms with Crippen molar-refractivity contribution in [2.24, 2.45) is 5.73 Å². The Morgan fingerprint density at radius 1 is 1.62 bits per heavy atom. The lowest BCUT2D eigenvalue weighted by atomic mass is 10.3. The van der Waals surface area contributed by atoms with Gasteiger partial charge in [-0.25, -0.2) is 8.96 Å². The Morgan fingerprint density at radius 3 is 2.56 bits per heavy atom. The fourth-order valence-electron chi connectivity index (χ4n) is 0.967. The average molecular weight is 243 g/mol. The molecule has 16 heavy (non-hydrogen) atoms. The van der Waals surface area contributed by atoms with Crippen molar-refractivity contribution in [1.82, 2.24) is 13.3 Å². The van der Waals surface area contributed by atoms with E-state index >= 15 is 0 Å². The van der Waals surface area contributed by atoms with Crippen LogP contribution in [0.15, 0.2) is 6.33 Å². The summed E-state index contributed by atoms with van der Waals surface area (Å²) in [5.41, 5.74) is 4.18. The van der Waals surface area contributed by atoms with Gasteiger partial charge in [-0.3, -0.25) is 4.79 Å². The number of amides is 1. The van der Waals surface area contributed by atoms with Gasteiger partial charge in [-0.2, -0.15) is 18.0 Å². The number of aromatic nitrogens is 2. The summed E-state index contributed by atoms with van der Waals surface area (Å²) in [6.45, 7) is 0. The van der Waals surface area contributed by atoms with E-state index in [4.69, 9.17) is 11.0 Å². The van der Waals surface area contributed by atoms with E-state index < -0.39 is 21.8 Å². The summed E-state index contributed by atoms with van der Waals surface area (Å²) >= 11 is 0. The van der Waals surface area contributed by atoms with Crippen LogP contribution in [0.1, 0.15) is 16.2 Å². The Kier molecular flexibility index (Phi) is 2.97. The molecule has 0 spiro atoms. The minimum absolute atomic E-state index is 0.368. The fourth-order valence-corrected chi connectivity index (χ4v) is 1.84. The van der Waals surface area contributed by atoms with E-state index in [1.54, 1.807) is 6.07 Å². The first-order valence-electron chi connectivity index (χ1n) is 4.02. The minimum atomic E-state index is -3.88. The van der Waals surface area contributed by atoms with Crippen LogP contribution in [0, 0.1) is 11.3 Å². The largest absolute Gasteiger partial charge is 0.364 e. The van der Waals surface area contributed by atoms with E-state index in [-0.39, 0.29) is 5.69 Å². The quantitative estimate of drug-likeness (QED) is 0.692. The highest BCUT2D eigenvalue weighted by molar-refractivity contribution is 7.87. The molecule has 0 aliphatic carbocycles. The van der Waals surface area contributed by atoms with Crippen molar-refractivity contribution in [3.05, 3.63) is 17.7 Å². The molecule has 0 radical (unpaired) electrons. The van der Waals surface area contributed by atoms with Crippen LogP contribution in [0.2, 0.25) is 0 Å². The van der Waals surface area contributed by atoms with Crippen LogP contribution in [0.3, 0.4) is 0 Å². The topological polar surface area (TPSA) is 122 Å². The van der Waals surface area contributed by atoms with Gasteiger partial charge in [0.25, 0.3) is 5.91 Å². The molecule has 2 N–H and O–H groups in total. The molecule has 1 rings (SSSR count). The number of nitriles is 1. The van der Waals surface area contributed by atoms with Crippen molar-refractivity contribution < 1.29 is 13.2 Å². The van der Waals surface area contributed by atoms with Crippen LogP contribution in [0.5, 0.6) is 0 Å². The molecule has 0 saturated carbocycles. The van der Waals surface area contributed by atoms with Crippen LogP contribution in [-0.4, -0.2) is 41.7 Å². The highest BCUT2D eigenvalue weighted by atomic mass is 32.2. The Labute approximate surface area is 92.1 Å². The highest BCUT2D eigenvalue weighted by Crippen LogP contribution is 2.10. The number of primary amides is 1. The second-order valence-corrected chi connectivity index (χ2v) is 5.02. The zero-order chi connectivity index (χ0) is 12.5. The second-order valence-electron chi connectivity index (χ2n) is 3.00. The predicted molar refractivity (Wildman–Crippen MR) is 53.5 cm³/mol. The molecule has 1 aromatic rings. The Bertz CT molecular complexity index is 565. The molecule has 0 bridgehead atoms. The molecule has 1 amide bonds. The number of hydrogen-bond acceptors (Lipinski definition) is 5. The van der Waals surface area contributed by atoms with Gasteiger partial charge in [-0.05, 0) is 0 Å². The van der Waals surface area contributed by atoms with Crippen molar-refractivity contribution in [3.8, 4) is 6.07 Å². The number of imidazole rings is 1. The van der Waals surface area contributed by atoms with Crippen LogP contribution in [-0.2, 0) is 10.2 Å². The zero-order valence-corrected chi connectivity index (χ0v) is 9.39. The van der Waals surface area contributed by atoms with E-state index in [0.717, 1.165) is 10.6 Å². The maximum Gasteiger partial charge on any atom is 0.309 e. The summed E-state index contributed by atoms with van der Waals surface area (Å²) in [5, 5.41) is 8.78. The number of carbonyl (C=O) groups is 1. The monoisotopic (exact) mass is 243 g/mol. The molecule has 0 aromatic carbocycles. The molecule has 0 aliphatic heterocycles. The van der Waals surface area contributed by atoms with Gasteiger partial charge < -0.3 is 5.73 Å². The summed E-state index contributed by atoms with van der Waals surface area (Å²) in [6.07, 6.45) is 0.869. The Hall–Kier alpha value is -1.92. The third-order valence-corrected chi connectivity index (χ3v) is 3.48. The minimum Gasteiger partial charge on any atom is -0.364 e. The lowest BCUT2D eigenvalue weighted by molar-refractivity contribution is 0.0996. The molecule has 0 aliphatic rings. The lowest BCUT2D eigenvalue weighted by Gasteiger charge is -2.11. The third-order valence-electron chi connectivity index (χ3n) is 1.79. The number of rotatable bonds is 3. The summed E-state index contributed by atoms with van der Waals surface area (Å²) in [4.78, 5) is 14.4. The zero-order valence-electron chi connectivity index (χ0n) is 8.58. The van der Waals surface area contributed by atoms with Crippen LogP contribution in [0.25, 0.3) is 0 Å². The summed E-state index contributed by atoms with van der Waals surface area (Å²) in [7, 11) is -1.29. The first-order valence-corrected chi connectivity index (χ1v) is 5.42. The lowest BCUT2D eigenvalue weighted by Crippen LogP contribution is -2.29. The van der Waals surface area contributed by atoms with Crippen molar-refractivity contribution in [2.75, 3.05) is 14.1 Å². The number of nitrogens with two attached hydrogens (primary N) is 1. The second kappa shape index (κ2) is 3.92. The summed E-state index contributed by atoms with van der Waals surface area (Å²) in [5.74, 6) is -0.954. The average Bonchev–Trinajstić information content (AvgIpc) is 2.60. The van der Waals surface area contributed by atoms with E-state index in [1.165, 1.54) is 14.1 Å². The molecule has 8 nitrogen and oxygen atoms in total. The highest BCUT2D eigenvalue weighted by Gasteiger charge is 2.24. The Morgan fingerprint density at radius 2 is 2.19 bits per heavy atom. The van der Waals surface area contributed by atoms with Gasteiger partial charge in [-0.15, -0.1) is 0 Å². The maximum absolute atomic E-state index is 11.7. The molecule has 1 heterocycles. The molecule has 0 unspecified atom stereocenters. The van der Waals surface area contributed by atoms with Gasteiger partial charge in [0.1, 0.15) is 12.4 Å². The third kappa shape index (κ3) is 1.75.